The zero-order valence-electron chi connectivity index (χ0n) is 10.6. The Morgan fingerprint density at radius 3 is 2.71 bits per heavy atom. The number of carbonyl (C=O) groups is 1. The van der Waals surface area contributed by atoms with Crippen molar-refractivity contribution in [2.45, 2.75) is 39.2 Å². The van der Waals surface area contributed by atoms with Gasteiger partial charge in [0.1, 0.15) is 11.9 Å². The fourth-order valence-electron chi connectivity index (χ4n) is 1.83. The standard InChI is InChI=1S/C14H19FO2/c1-4-5-14(17-3)13(16)9-11-6-7-12(15)8-10(11)2/h6-8,14H,4-5,9H2,1-3H3. The molecule has 0 aliphatic rings. The van der Waals surface area contributed by atoms with Crippen molar-refractivity contribution < 1.29 is 13.9 Å². The molecule has 0 saturated carbocycles. The number of carbonyl (C=O) groups excluding carboxylic acids is 1. The first-order valence-electron chi connectivity index (χ1n) is 5.89. The first-order chi connectivity index (χ1) is 8.08. The molecule has 2 nitrogen and oxygen atoms in total. The number of rotatable bonds is 6. The number of hydrogen-bond donors (Lipinski definition) is 0. The van der Waals surface area contributed by atoms with Gasteiger partial charge in [-0.05, 0) is 36.6 Å². The summed E-state index contributed by atoms with van der Waals surface area (Å²) >= 11 is 0. The number of benzene rings is 1. The van der Waals surface area contributed by atoms with Gasteiger partial charge in [-0.2, -0.15) is 0 Å². The van der Waals surface area contributed by atoms with Gasteiger partial charge < -0.3 is 4.74 Å². The van der Waals surface area contributed by atoms with Gasteiger partial charge in [0.25, 0.3) is 0 Å². The van der Waals surface area contributed by atoms with Crippen LogP contribution in [0.15, 0.2) is 18.2 Å². The lowest BCUT2D eigenvalue weighted by molar-refractivity contribution is -0.128. The van der Waals surface area contributed by atoms with Crippen LogP contribution in [0.3, 0.4) is 0 Å². The molecular weight excluding hydrogens is 219 g/mol. The van der Waals surface area contributed by atoms with E-state index in [1.165, 1.54) is 12.1 Å². The second-order valence-corrected chi connectivity index (χ2v) is 4.23. The molecule has 3 heteroatoms. The number of halogens is 1. The lowest BCUT2D eigenvalue weighted by atomic mass is 9.99. The van der Waals surface area contributed by atoms with Crippen molar-refractivity contribution in [3.8, 4) is 0 Å². The first kappa shape index (κ1) is 13.8. The van der Waals surface area contributed by atoms with Crippen molar-refractivity contribution in [1.29, 1.82) is 0 Å². The zero-order chi connectivity index (χ0) is 12.8. The lowest BCUT2D eigenvalue weighted by Crippen LogP contribution is -2.24. The van der Waals surface area contributed by atoms with Crippen LogP contribution in [0.25, 0.3) is 0 Å². The molecule has 1 aromatic rings. The highest BCUT2D eigenvalue weighted by Crippen LogP contribution is 2.13. The summed E-state index contributed by atoms with van der Waals surface area (Å²) in [7, 11) is 1.55. The Hall–Kier alpha value is -1.22. The predicted octanol–water partition coefficient (Wildman–Crippen LogP) is 3.06. The minimum atomic E-state index is -0.343. The number of ether oxygens (including phenoxy) is 1. The van der Waals surface area contributed by atoms with Crippen LogP contribution >= 0.6 is 0 Å². The SMILES string of the molecule is CCCC(OC)C(=O)Cc1ccc(F)cc1C. The van der Waals surface area contributed by atoms with Gasteiger partial charge in [0.05, 0.1) is 0 Å². The van der Waals surface area contributed by atoms with Crippen LogP contribution in [-0.2, 0) is 16.0 Å². The molecule has 0 radical (unpaired) electrons. The monoisotopic (exact) mass is 238 g/mol. The summed E-state index contributed by atoms with van der Waals surface area (Å²) < 4.78 is 18.1. The summed E-state index contributed by atoms with van der Waals surface area (Å²) in [6.07, 6.45) is 1.61. The van der Waals surface area contributed by atoms with E-state index in [0.717, 1.165) is 24.0 Å². The number of Topliss-reactive ketones (excluding diaryl/α,β-unsaturated/α-hetero) is 1. The molecule has 0 aromatic heterocycles. The summed E-state index contributed by atoms with van der Waals surface area (Å²) in [6.45, 7) is 3.83. The fraction of sp³-hybridized carbons (Fsp3) is 0.500. The minimum absolute atomic E-state index is 0.0593. The van der Waals surface area contributed by atoms with Crippen molar-refractivity contribution in [3.63, 3.8) is 0 Å². The molecule has 0 fully saturated rings. The van der Waals surface area contributed by atoms with Crippen molar-refractivity contribution in [3.05, 3.63) is 35.1 Å². The van der Waals surface area contributed by atoms with E-state index in [-0.39, 0.29) is 17.7 Å². The summed E-state index contributed by atoms with van der Waals surface area (Å²) in [6, 6.07) is 4.50. The lowest BCUT2D eigenvalue weighted by Gasteiger charge is -2.13. The number of aryl methyl sites for hydroxylation is 1. The first-order valence-corrected chi connectivity index (χ1v) is 5.89. The van der Waals surface area contributed by atoms with E-state index in [2.05, 4.69) is 0 Å². The van der Waals surface area contributed by atoms with Crippen LogP contribution in [0.1, 0.15) is 30.9 Å². The minimum Gasteiger partial charge on any atom is -0.374 e. The van der Waals surface area contributed by atoms with Crippen molar-refractivity contribution in [2.24, 2.45) is 0 Å². The fourth-order valence-corrected chi connectivity index (χ4v) is 1.83. The van der Waals surface area contributed by atoms with Gasteiger partial charge in [0.15, 0.2) is 5.78 Å². The van der Waals surface area contributed by atoms with E-state index < -0.39 is 0 Å². The molecular formula is C14H19FO2. The topological polar surface area (TPSA) is 26.3 Å². The van der Waals surface area contributed by atoms with Crippen LogP contribution in [-0.4, -0.2) is 19.0 Å². The second kappa shape index (κ2) is 6.50. The molecule has 1 atom stereocenters. The highest BCUT2D eigenvalue weighted by Gasteiger charge is 2.17. The van der Waals surface area contributed by atoms with Gasteiger partial charge in [0.2, 0.25) is 0 Å². The van der Waals surface area contributed by atoms with Crippen LogP contribution in [0.4, 0.5) is 4.39 Å². The van der Waals surface area contributed by atoms with Gasteiger partial charge >= 0.3 is 0 Å². The molecule has 1 rings (SSSR count). The second-order valence-electron chi connectivity index (χ2n) is 4.23. The predicted molar refractivity (Wildman–Crippen MR) is 65.6 cm³/mol. The van der Waals surface area contributed by atoms with Gasteiger partial charge in [-0.25, -0.2) is 4.39 Å². The molecule has 1 unspecified atom stereocenters. The molecule has 94 valence electrons. The van der Waals surface area contributed by atoms with E-state index >= 15 is 0 Å². The van der Waals surface area contributed by atoms with Gasteiger partial charge in [-0.3, -0.25) is 4.79 Å². The van der Waals surface area contributed by atoms with Crippen LogP contribution in [0, 0.1) is 12.7 Å². The van der Waals surface area contributed by atoms with E-state index in [4.69, 9.17) is 4.74 Å². The Bertz CT molecular complexity index is 388. The van der Waals surface area contributed by atoms with E-state index in [1.807, 2.05) is 13.8 Å². The van der Waals surface area contributed by atoms with Gasteiger partial charge in [0, 0.05) is 13.5 Å². The van der Waals surface area contributed by atoms with Crippen LogP contribution < -0.4 is 0 Å². The third kappa shape index (κ3) is 3.93. The van der Waals surface area contributed by atoms with E-state index in [1.54, 1.807) is 13.2 Å². The molecule has 0 saturated heterocycles. The van der Waals surface area contributed by atoms with Gasteiger partial charge in [-0.15, -0.1) is 0 Å². The van der Waals surface area contributed by atoms with Crippen molar-refractivity contribution in [2.75, 3.05) is 7.11 Å². The third-order valence-corrected chi connectivity index (χ3v) is 2.86. The maximum absolute atomic E-state index is 12.9. The van der Waals surface area contributed by atoms with Crippen molar-refractivity contribution >= 4 is 5.78 Å². The Labute approximate surface area is 102 Å². The average Bonchev–Trinajstić information content (AvgIpc) is 2.29. The molecule has 1 aromatic carbocycles. The maximum Gasteiger partial charge on any atom is 0.165 e. The Balaban J connectivity index is 2.73. The van der Waals surface area contributed by atoms with Crippen LogP contribution in [0.5, 0.6) is 0 Å². The molecule has 0 aliphatic heterocycles. The number of hydrogen-bond acceptors (Lipinski definition) is 2. The zero-order valence-corrected chi connectivity index (χ0v) is 10.6. The largest absolute Gasteiger partial charge is 0.374 e. The molecule has 0 bridgehead atoms. The quantitative estimate of drug-likeness (QED) is 0.761. The number of methoxy groups -OCH3 is 1. The summed E-state index contributed by atoms with van der Waals surface area (Å²) in [5.74, 6) is -0.209. The van der Waals surface area contributed by atoms with Gasteiger partial charge in [-0.1, -0.05) is 19.4 Å². The Morgan fingerprint density at radius 1 is 1.47 bits per heavy atom. The summed E-state index contributed by atoms with van der Waals surface area (Å²) in [5, 5.41) is 0. The van der Waals surface area contributed by atoms with E-state index in [9.17, 15) is 9.18 Å². The smallest absolute Gasteiger partial charge is 0.165 e. The Morgan fingerprint density at radius 2 is 2.18 bits per heavy atom. The molecule has 0 spiro atoms. The molecule has 0 N–H and O–H groups in total. The summed E-state index contributed by atoms with van der Waals surface area (Å²) in [4.78, 5) is 12.0. The Kier molecular flexibility index (Phi) is 5.29. The maximum atomic E-state index is 12.9. The normalized spacial score (nSPS) is 12.5. The van der Waals surface area contributed by atoms with E-state index in [0.29, 0.717) is 6.42 Å². The van der Waals surface area contributed by atoms with Crippen LogP contribution in [0.2, 0.25) is 0 Å². The highest BCUT2D eigenvalue weighted by molar-refractivity contribution is 5.85. The third-order valence-electron chi connectivity index (χ3n) is 2.86. The molecule has 17 heavy (non-hydrogen) atoms. The number of ketones is 1. The molecule has 0 amide bonds. The molecule has 0 aliphatic carbocycles. The van der Waals surface area contributed by atoms with Crippen molar-refractivity contribution in [1.82, 2.24) is 0 Å². The highest BCUT2D eigenvalue weighted by atomic mass is 19.1. The molecule has 0 heterocycles. The summed E-state index contributed by atoms with van der Waals surface area (Å²) in [5.41, 5.74) is 1.68. The average molecular weight is 238 g/mol.